The van der Waals surface area contributed by atoms with Crippen LogP contribution in [0.25, 0.3) is 10.2 Å². The van der Waals surface area contributed by atoms with E-state index in [0.29, 0.717) is 11.7 Å². The van der Waals surface area contributed by atoms with E-state index in [1.807, 2.05) is 26.0 Å². The van der Waals surface area contributed by atoms with Crippen LogP contribution in [0, 0.1) is 25.2 Å². The fourth-order valence-electron chi connectivity index (χ4n) is 4.27. The molecule has 0 saturated heterocycles. The van der Waals surface area contributed by atoms with Crippen molar-refractivity contribution in [2.75, 3.05) is 17.2 Å². The smallest absolute Gasteiger partial charge is 0.262 e. The normalized spacial score (nSPS) is 13.1. The molecule has 0 unspecified atom stereocenters. The average Bonchev–Trinajstić information content (AvgIpc) is 3.13. The molecule has 4 rings (SSSR count). The first-order valence-corrected chi connectivity index (χ1v) is 12.6. The lowest BCUT2D eigenvalue weighted by molar-refractivity contribution is -0.116. The van der Waals surface area contributed by atoms with E-state index in [-0.39, 0.29) is 23.6 Å². The molecule has 2 heterocycles. The van der Waals surface area contributed by atoms with Crippen LogP contribution in [0.5, 0.6) is 0 Å². The monoisotopic (exact) mass is 466 g/mol. The minimum Gasteiger partial charge on any atom is -0.311 e. The molecule has 0 saturated carbocycles. The second-order valence-electron chi connectivity index (χ2n) is 8.24. The molecule has 0 bridgehead atoms. The number of carbonyl (C=O) groups excluding carboxylic acids is 1. The van der Waals surface area contributed by atoms with Gasteiger partial charge in [-0.15, -0.1) is 11.3 Å². The summed E-state index contributed by atoms with van der Waals surface area (Å²) in [6.07, 6.45) is 4.50. The molecule has 166 valence electrons. The average molecular weight is 467 g/mol. The number of rotatable bonds is 6. The molecule has 3 aromatic rings. The van der Waals surface area contributed by atoms with Crippen molar-refractivity contribution >= 4 is 44.9 Å². The molecular formula is C24H26N4O2S2. The van der Waals surface area contributed by atoms with Crippen LogP contribution in [0.3, 0.4) is 0 Å². The van der Waals surface area contributed by atoms with Gasteiger partial charge in [0.05, 0.1) is 23.6 Å². The zero-order valence-electron chi connectivity index (χ0n) is 18.6. The van der Waals surface area contributed by atoms with Crippen molar-refractivity contribution in [1.82, 2.24) is 9.55 Å². The van der Waals surface area contributed by atoms with Gasteiger partial charge in [-0.25, -0.2) is 4.98 Å². The summed E-state index contributed by atoms with van der Waals surface area (Å²) >= 11 is 2.90. The van der Waals surface area contributed by atoms with Crippen molar-refractivity contribution in [2.45, 2.75) is 51.1 Å². The standard InChI is InChI=1S/C24H26N4O2S2/c1-15-11-16(2)13-17(12-15)28(10-6-9-25)20(29)14-31-24-26-22-21(23(30)27(24)3)18-7-4-5-8-19(18)32-22/h11-13H,4-8,10,14H2,1-3H3. The summed E-state index contributed by atoms with van der Waals surface area (Å²) in [5.74, 6) is 0.0463. The highest BCUT2D eigenvalue weighted by Gasteiger charge is 2.22. The molecule has 0 spiro atoms. The van der Waals surface area contributed by atoms with E-state index in [1.165, 1.54) is 22.2 Å². The third-order valence-corrected chi connectivity index (χ3v) is 7.95. The van der Waals surface area contributed by atoms with Gasteiger partial charge < -0.3 is 4.90 Å². The van der Waals surface area contributed by atoms with E-state index < -0.39 is 0 Å². The molecule has 0 fully saturated rings. The number of thiophene rings is 1. The predicted octanol–water partition coefficient (Wildman–Crippen LogP) is 4.53. The molecule has 2 aromatic heterocycles. The molecule has 1 aliphatic rings. The number of hydrogen-bond donors (Lipinski definition) is 0. The Morgan fingerprint density at radius 2 is 1.97 bits per heavy atom. The van der Waals surface area contributed by atoms with Crippen LogP contribution in [-0.2, 0) is 24.7 Å². The number of anilines is 1. The van der Waals surface area contributed by atoms with E-state index >= 15 is 0 Å². The Balaban J connectivity index is 1.59. The molecule has 0 aliphatic heterocycles. The summed E-state index contributed by atoms with van der Waals surface area (Å²) in [7, 11) is 1.73. The number of nitrogens with zero attached hydrogens (tertiary/aromatic N) is 4. The maximum atomic E-state index is 13.1. The van der Waals surface area contributed by atoms with Crippen LogP contribution in [-0.4, -0.2) is 27.8 Å². The molecule has 8 heteroatoms. The summed E-state index contributed by atoms with van der Waals surface area (Å²) in [5, 5.41) is 10.4. The maximum absolute atomic E-state index is 13.1. The van der Waals surface area contributed by atoms with Gasteiger partial charge in [0, 0.05) is 24.2 Å². The highest BCUT2D eigenvalue weighted by Crippen LogP contribution is 2.34. The number of hydrogen-bond acceptors (Lipinski definition) is 6. The Morgan fingerprint density at radius 1 is 1.25 bits per heavy atom. The minimum atomic E-state index is -0.102. The number of fused-ring (bicyclic) bond motifs is 3. The number of amides is 1. The Labute approximate surface area is 195 Å². The summed E-state index contributed by atoms with van der Waals surface area (Å²) in [5.41, 5.74) is 4.08. The van der Waals surface area contributed by atoms with Gasteiger partial charge in [0.2, 0.25) is 5.91 Å². The molecule has 6 nitrogen and oxygen atoms in total. The highest BCUT2D eigenvalue weighted by atomic mass is 32.2. The van der Waals surface area contributed by atoms with Crippen LogP contribution in [0.4, 0.5) is 5.69 Å². The topological polar surface area (TPSA) is 79.0 Å². The van der Waals surface area contributed by atoms with Gasteiger partial charge in [-0.05, 0) is 68.4 Å². The van der Waals surface area contributed by atoms with Gasteiger partial charge in [0.25, 0.3) is 5.56 Å². The van der Waals surface area contributed by atoms with Crippen molar-refractivity contribution < 1.29 is 4.79 Å². The molecule has 0 radical (unpaired) electrons. The first-order chi connectivity index (χ1) is 15.4. The van der Waals surface area contributed by atoms with Crippen LogP contribution in [0.2, 0.25) is 0 Å². The summed E-state index contributed by atoms with van der Waals surface area (Å²) in [4.78, 5) is 34.7. The first-order valence-electron chi connectivity index (χ1n) is 10.8. The molecular weight excluding hydrogens is 440 g/mol. The Bertz CT molecular complexity index is 1270. The summed E-state index contributed by atoms with van der Waals surface area (Å²) < 4.78 is 1.57. The summed E-state index contributed by atoms with van der Waals surface area (Å²) in [6.45, 7) is 4.32. The van der Waals surface area contributed by atoms with Crippen LogP contribution < -0.4 is 10.5 Å². The van der Waals surface area contributed by atoms with Crippen LogP contribution >= 0.6 is 23.1 Å². The molecule has 1 aromatic carbocycles. The number of carbonyl (C=O) groups is 1. The van der Waals surface area contributed by atoms with Gasteiger partial charge in [-0.1, -0.05) is 17.8 Å². The van der Waals surface area contributed by atoms with E-state index in [2.05, 4.69) is 12.1 Å². The molecule has 32 heavy (non-hydrogen) atoms. The van der Waals surface area contributed by atoms with E-state index in [1.54, 1.807) is 27.9 Å². The predicted molar refractivity (Wildman–Crippen MR) is 131 cm³/mol. The van der Waals surface area contributed by atoms with Gasteiger partial charge in [-0.3, -0.25) is 14.2 Å². The lowest BCUT2D eigenvalue weighted by Crippen LogP contribution is -2.33. The second kappa shape index (κ2) is 9.47. The zero-order chi connectivity index (χ0) is 22.8. The van der Waals surface area contributed by atoms with Gasteiger partial charge in [-0.2, -0.15) is 5.26 Å². The van der Waals surface area contributed by atoms with Crippen molar-refractivity contribution in [3.63, 3.8) is 0 Å². The fraction of sp³-hybridized carbons (Fsp3) is 0.417. The fourth-order valence-corrected chi connectivity index (χ4v) is 6.42. The van der Waals surface area contributed by atoms with Gasteiger partial charge >= 0.3 is 0 Å². The number of aryl methyl sites for hydroxylation is 4. The minimum absolute atomic E-state index is 0.0278. The van der Waals surface area contributed by atoms with Crippen LogP contribution in [0.15, 0.2) is 28.2 Å². The number of nitriles is 1. The van der Waals surface area contributed by atoms with E-state index in [4.69, 9.17) is 10.2 Å². The number of aromatic nitrogens is 2. The molecule has 0 N–H and O–H groups in total. The van der Waals surface area contributed by atoms with Crippen molar-refractivity contribution in [3.05, 3.63) is 50.1 Å². The van der Waals surface area contributed by atoms with Gasteiger partial charge in [0.15, 0.2) is 5.16 Å². The maximum Gasteiger partial charge on any atom is 0.262 e. The van der Waals surface area contributed by atoms with Gasteiger partial charge in [0.1, 0.15) is 4.83 Å². The van der Waals surface area contributed by atoms with Crippen molar-refractivity contribution in [1.29, 1.82) is 5.26 Å². The molecule has 0 atom stereocenters. The Kier molecular flexibility index (Phi) is 6.68. The third-order valence-electron chi connectivity index (χ3n) is 5.75. The summed E-state index contributed by atoms with van der Waals surface area (Å²) in [6, 6.07) is 8.11. The Morgan fingerprint density at radius 3 is 2.69 bits per heavy atom. The zero-order valence-corrected chi connectivity index (χ0v) is 20.2. The van der Waals surface area contributed by atoms with Crippen LogP contribution in [0.1, 0.15) is 40.8 Å². The third kappa shape index (κ3) is 4.45. The van der Waals surface area contributed by atoms with Crippen molar-refractivity contribution in [3.8, 4) is 6.07 Å². The first kappa shape index (κ1) is 22.6. The Hall–Kier alpha value is -2.63. The molecule has 1 amide bonds. The molecule has 1 aliphatic carbocycles. The van der Waals surface area contributed by atoms with E-state index in [0.717, 1.165) is 52.7 Å². The largest absolute Gasteiger partial charge is 0.311 e. The quantitative estimate of drug-likeness (QED) is 0.394. The lowest BCUT2D eigenvalue weighted by atomic mass is 9.97. The lowest BCUT2D eigenvalue weighted by Gasteiger charge is -2.23. The SMILES string of the molecule is Cc1cc(C)cc(N(CCC#N)C(=O)CSc2nc3sc4c(c3c(=O)n2C)CCCC4)c1. The van der Waals surface area contributed by atoms with Crippen molar-refractivity contribution in [2.24, 2.45) is 7.05 Å². The van der Waals surface area contributed by atoms with E-state index in [9.17, 15) is 9.59 Å². The highest BCUT2D eigenvalue weighted by molar-refractivity contribution is 7.99. The number of benzene rings is 1. The second-order valence-corrected chi connectivity index (χ2v) is 10.3. The number of thioether (sulfide) groups is 1.